The Kier molecular flexibility index (Phi) is 5.76. The van der Waals surface area contributed by atoms with Crippen molar-refractivity contribution in [3.05, 3.63) is 64.7 Å². The van der Waals surface area contributed by atoms with Gasteiger partial charge in [0.2, 0.25) is 0 Å². The van der Waals surface area contributed by atoms with Gasteiger partial charge < -0.3 is 0 Å². The largest absolute Gasteiger partial charge is 0.294 e. The molecule has 0 radical (unpaired) electrons. The standard InChI is InChI=1S/C18H16ClNO3S/c1-13-2-8-16(9-3-13)24(22,23)17(12-20)10-11-18(21)14-4-6-15(19)7-5-14/h2-9,17H,10-11H2,1H3/t17-/m1/s1. The van der Waals surface area contributed by atoms with Crippen LogP contribution in [0.1, 0.15) is 28.8 Å². The van der Waals surface area contributed by atoms with E-state index in [0.29, 0.717) is 10.6 Å². The van der Waals surface area contributed by atoms with E-state index >= 15 is 0 Å². The third-order valence-corrected chi connectivity index (χ3v) is 5.94. The zero-order valence-corrected chi connectivity index (χ0v) is 14.6. The van der Waals surface area contributed by atoms with Gasteiger partial charge in [0.1, 0.15) is 0 Å². The number of Topliss-reactive ketones (excluding diaryl/α,β-unsaturated/α-hetero) is 1. The van der Waals surface area contributed by atoms with Gasteiger partial charge in [-0.1, -0.05) is 29.3 Å². The quantitative estimate of drug-likeness (QED) is 0.729. The van der Waals surface area contributed by atoms with Crippen LogP contribution in [0.2, 0.25) is 5.02 Å². The second kappa shape index (κ2) is 7.61. The van der Waals surface area contributed by atoms with Gasteiger partial charge in [0.05, 0.1) is 11.0 Å². The average molecular weight is 362 g/mol. The fourth-order valence-electron chi connectivity index (χ4n) is 2.22. The minimum Gasteiger partial charge on any atom is -0.294 e. The summed E-state index contributed by atoms with van der Waals surface area (Å²) in [6.45, 7) is 1.85. The molecule has 0 bridgehead atoms. The lowest BCUT2D eigenvalue weighted by molar-refractivity contribution is 0.0981. The van der Waals surface area contributed by atoms with Gasteiger partial charge >= 0.3 is 0 Å². The average Bonchev–Trinajstić information content (AvgIpc) is 2.56. The third-order valence-electron chi connectivity index (χ3n) is 3.67. The highest BCUT2D eigenvalue weighted by molar-refractivity contribution is 7.92. The Bertz CT molecular complexity index is 866. The topological polar surface area (TPSA) is 75.0 Å². The monoisotopic (exact) mass is 361 g/mol. The van der Waals surface area contributed by atoms with Gasteiger partial charge in [-0.25, -0.2) is 8.42 Å². The summed E-state index contributed by atoms with van der Waals surface area (Å²) < 4.78 is 25.0. The Morgan fingerprint density at radius 3 is 2.25 bits per heavy atom. The Morgan fingerprint density at radius 1 is 1.12 bits per heavy atom. The normalized spacial score (nSPS) is 12.4. The van der Waals surface area contributed by atoms with Crippen molar-refractivity contribution in [1.82, 2.24) is 0 Å². The highest BCUT2D eigenvalue weighted by Crippen LogP contribution is 2.21. The molecular weight excluding hydrogens is 346 g/mol. The minimum absolute atomic E-state index is 0.0229. The van der Waals surface area contributed by atoms with Crippen LogP contribution in [0.15, 0.2) is 53.4 Å². The number of hydrogen-bond acceptors (Lipinski definition) is 4. The van der Waals surface area contributed by atoms with Crippen molar-refractivity contribution in [2.75, 3.05) is 0 Å². The molecule has 2 rings (SSSR count). The van der Waals surface area contributed by atoms with E-state index in [0.717, 1.165) is 5.56 Å². The number of ketones is 1. The predicted octanol–water partition coefficient (Wildman–Crippen LogP) is 3.98. The molecule has 0 heterocycles. The summed E-state index contributed by atoms with van der Waals surface area (Å²) in [4.78, 5) is 12.2. The third kappa shape index (κ3) is 4.22. The molecule has 0 unspecified atom stereocenters. The molecule has 0 aromatic heterocycles. The number of halogens is 1. The molecule has 2 aromatic rings. The highest BCUT2D eigenvalue weighted by atomic mass is 35.5. The van der Waals surface area contributed by atoms with E-state index in [9.17, 15) is 18.5 Å². The van der Waals surface area contributed by atoms with E-state index in [-0.39, 0.29) is 23.5 Å². The van der Waals surface area contributed by atoms with Gasteiger partial charge in [0.15, 0.2) is 20.9 Å². The maximum atomic E-state index is 12.5. The first-order valence-corrected chi connectivity index (χ1v) is 9.26. The summed E-state index contributed by atoms with van der Waals surface area (Å²) >= 11 is 5.77. The van der Waals surface area contributed by atoms with E-state index in [1.165, 1.54) is 12.1 Å². The number of carbonyl (C=O) groups is 1. The molecule has 0 aliphatic heterocycles. The van der Waals surface area contributed by atoms with Crippen molar-refractivity contribution in [3.8, 4) is 6.07 Å². The zero-order valence-electron chi connectivity index (χ0n) is 13.1. The van der Waals surface area contributed by atoms with Gasteiger partial charge in [0.25, 0.3) is 0 Å². The number of sulfone groups is 1. The molecule has 24 heavy (non-hydrogen) atoms. The van der Waals surface area contributed by atoms with Crippen LogP contribution in [0.25, 0.3) is 0 Å². The summed E-state index contributed by atoms with van der Waals surface area (Å²) in [6, 6.07) is 14.5. The maximum Gasteiger partial charge on any atom is 0.194 e. The van der Waals surface area contributed by atoms with Crippen molar-refractivity contribution in [2.24, 2.45) is 0 Å². The SMILES string of the molecule is Cc1ccc(S(=O)(=O)[C@@H](C#N)CCC(=O)c2ccc(Cl)cc2)cc1. The predicted molar refractivity (Wildman–Crippen MR) is 92.8 cm³/mol. The molecule has 0 amide bonds. The van der Waals surface area contributed by atoms with Gasteiger partial charge in [-0.15, -0.1) is 0 Å². The summed E-state index contributed by atoms with van der Waals surface area (Å²) in [5.41, 5.74) is 1.38. The van der Waals surface area contributed by atoms with E-state index in [1.54, 1.807) is 36.4 Å². The molecule has 6 heteroatoms. The summed E-state index contributed by atoms with van der Waals surface area (Å²) in [5.74, 6) is -0.217. The summed E-state index contributed by atoms with van der Waals surface area (Å²) in [6.07, 6.45) is -0.0703. The van der Waals surface area contributed by atoms with E-state index in [4.69, 9.17) is 11.6 Å². The molecule has 0 aliphatic rings. The Balaban J connectivity index is 2.11. The van der Waals surface area contributed by atoms with Crippen LogP contribution in [-0.2, 0) is 9.84 Å². The van der Waals surface area contributed by atoms with Crippen LogP contribution >= 0.6 is 11.6 Å². The lowest BCUT2D eigenvalue weighted by atomic mass is 10.1. The first-order chi connectivity index (χ1) is 11.3. The van der Waals surface area contributed by atoms with Crippen molar-refractivity contribution in [3.63, 3.8) is 0 Å². The first-order valence-electron chi connectivity index (χ1n) is 7.33. The van der Waals surface area contributed by atoms with Gasteiger partial charge in [-0.2, -0.15) is 5.26 Å². The second-order valence-electron chi connectivity index (χ2n) is 5.44. The smallest absolute Gasteiger partial charge is 0.194 e. The Morgan fingerprint density at radius 2 is 1.71 bits per heavy atom. The van der Waals surface area contributed by atoms with Crippen molar-refractivity contribution in [2.45, 2.75) is 29.9 Å². The second-order valence-corrected chi connectivity index (χ2v) is 8.01. The summed E-state index contributed by atoms with van der Waals surface area (Å²) in [5, 5.41) is 8.50. The first kappa shape index (κ1) is 18.2. The number of nitriles is 1. The Hall–Kier alpha value is -2.16. The molecule has 0 aliphatic carbocycles. The number of carbonyl (C=O) groups excluding carboxylic acids is 1. The molecule has 124 valence electrons. The van der Waals surface area contributed by atoms with E-state index < -0.39 is 15.1 Å². The summed E-state index contributed by atoms with van der Waals surface area (Å²) in [7, 11) is -3.79. The van der Waals surface area contributed by atoms with Gasteiger partial charge in [0, 0.05) is 17.0 Å². The molecule has 0 spiro atoms. The van der Waals surface area contributed by atoms with Crippen LogP contribution in [-0.4, -0.2) is 19.5 Å². The maximum absolute atomic E-state index is 12.5. The number of benzene rings is 2. The number of rotatable bonds is 6. The zero-order chi connectivity index (χ0) is 17.7. The van der Waals surface area contributed by atoms with Gasteiger partial charge in [-0.3, -0.25) is 4.79 Å². The van der Waals surface area contributed by atoms with Gasteiger partial charge in [-0.05, 0) is 49.7 Å². The fourth-order valence-corrected chi connectivity index (χ4v) is 3.76. The lowest BCUT2D eigenvalue weighted by Crippen LogP contribution is -2.21. The van der Waals surface area contributed by atoms with Crippen molar-refractivity contribution < 1.29 is 13.2 Å². The van der Waals surface area contributed by atoms with Crippen molar-refractivity contribution >= 4 is 27.2 Å². The van der Waals surface area contributed by atoms with Crippen LogP contribution < -0.4 is 0 Å². The van der Waals surface area contributed by atoms with Crippen LogP contribution in [0.4, 0.5) is 0 Å². The molecule has 0 N–H and O–H groups in total. The molecule has 4 nitrogen and oxygen atoms in total. The van der Waals surface area contributed by atoms with Crippen molar-refractivity contribution in [1.29, 1.82) is 5.26 Å². The van der Waals surface area contributed by atoms with Crippen LogP contribution in [0.3, 0.4) is 0 Å². The number of hydrogen-bond donors (Lipinski definition) is 0. The fraction of sp³-hybridized carbons (Fsp3) is 0.222. The number of aryl methyl sites for hydroxylation is 1. The molecule has 0 fully saturated rings. The lowest BCUT2D eigenvalue weighted by Gasteiger charge is -2.11. The van der Waals surface area contributed by atoms with Crippen LogP contribution in [0.5, 0.6) is 0 Å². The number of nitrogens with zero attached hydrogens (tertiary/aromatic N) is 1. The van der Waals surface area contributed by atoms with Crippen LogP contribution in [0, 0.1) is 18.3 Å². The minimum atomic E-state index is -3.79. The highest BCUT2D eigenvalue weighted by Gasteiger charge is 2.28. The molecule has 0 saturated carbocycles. The molecule has 2 aromatic carbocycles. The van der Waals surface area contributed by atoms with E-state index in [2.05, 4.69) is 0 Å². The van der Waals surface area contributed by atoms with E-state index in [1.807, 2.05) is 13.0 Å². The molecule has 0 saturated heterocycles. The molecular formula is C18H16ClNO3S. The molecule has 1 atom stereocenters. The Labute approximate surface area is 146 Å².